The van der Waals surface area contributed by atoms with E-state index < -0.39 is 7.26 Å². The lowest BCUT2D eigenvalue weighted by Crippen LogP contribution is -2.13. The number of benzene rings is 1. The molecule has 0 bridgehead atoms. The van der Waals surface area contributed by atoms with Gasteiger partial charge in [0.25, 0.3) is 0 Å². The van der Waals surface area contributed by atoms with E-state index in [2.05, 4.69) is 76.8 Å². The fourth-order valence-corrected chi connectivity index (χ4v) is 8.44. The van der Waals surface area contributed by atoms with E-state index in [9.17, 15) is 0 Å². The second-order valence-corrected chi connectivity index (χ2v) is 11.1. The average molecular weight is 305 g/mol. The van der Waals surface area contributed by atoms with E-state index in [1.165, 1.54) is 36.9 Å². The summed E-state index contributed by atoms with van der Waals surface area (Å²) in [5.41, 5.74) is 1.35. The van der Waals surface area contributed by atoms with Gasteiger partial charge in [-0.1, -0.05) is 71.4 Å². The molecule has 118 valence electrons. The first kappa shape index (κ1) is 18.4. The molecule has 21 heavy (non-hydrogen) atoms. The topological polar surface area (TPSA) is 0 Å². The third kappa shape index (κ3) is 7.28. The molecule has 1 rings (SSSR count). The predicted octanol–water partition coefficient (Wildman–Crippen LogP) is 6.79. The lowest BCUT2D eigenvalue weighted by atomic mass is 10.2. The van der Waals surface area contributed by atoms with E-state index in [0.29, 0.717) is 0 Å². The molecular formula is C20H34P+. The van der Waals surface area contributed by atoms with Gasteiger partial charge in [-0.3, -0.25) is 0 Å². The van der Waals surface area contributed by atoms with Gasteiger partial charge in [-0.2, -0.15) is 0 Å². The Hall–Kier alpha value is -0.610. The fraction of sp³-hybridized carbons (Fsp3) is 0.600. The zero-order chi connectivity index (χ0) is 15.7. The molecule has 1 aromatic carbocycles. The Labute approximate surface area is 133 Å². The summed E-state index contributed by atoms with van der Waals surface area (Å²) in [6, 6.07) is 10.8. The van der Waals surface area contributed by atoms with E-state index in [-0.39, 0.29) is 0 Å². The molecule has 0 aliphatic heterocycles. The van der Waals surface area contributed by atoms with Crippen molar-refractivity contribution in [3.05, 3.63) is 41.7 Å². The number of rotatable bonds is 9. The quantitative estimate of drug-likeness (QED) is 0.441. The first-order valence-corrected chi connectivity index (χ1v) is 11.0. The largest absolute Gasteiger partial charge is 0.0658 e. The van der Waals surface area contributed by atoms with Crippen molar-refractivity contribution in [1.29, 1.82) is 0 Å². The Morgan fingerprint density at radius 2 is 1.52 bits per heavy atom. The first-order chi connectivity index (χ1) is 9.97. The number of hydrogen-bond acceptors (Lipinski definition) is 0. The van der Waals surface area contributed by atoms with Crippen LogP contribution in [0.25, 0.3) is 6.08 Å². The number of unbranched alkanes of at least 4 members (excludes halogenated alkanes) is 1. The SMILES string of the molecule is CCCC[P+](C=Cc1ccccc1)(CC(C)C)CC(C)C. The van der Waals surface area contributed by atoms with E-state index >= 15 is 0 Å². The predicted molar refractivity (Wildman–Crippen MR) is 102 cm³/mol. The zero-order valence-corrected chi connectivity index (χ0v) is 15.6. The molecule has 0 radical (unpaired) electrons. The molecule has 0 fully saturated rings. The Balaban J connectivity index is 2.98. The van der Waals surface area contributed by atoms with Crippen LogP contribution in [-0.4, -0.2) is 18.5 Å². The summed E-state index contributed by atoms with van der Waals surface area (Å²) < 4.78 is 0. The minimum atomic E-state index is -0.971. The van der Waals surface area contributed by atoms with Crippen molar-refractivity contribution in [3.8, 4) is 0 Å². The summed E-state index contributed by atoms with van der Waals surface area (Å²) in [5, 5.41) is 0. The molecule has 0 heterocycles. The van der Waals surface area contributed by atoms with Crippen molar-refractivity contribution >= 4 is 13.3 Å². The molecule has 0 N–H and O–H groups in total. The van der Waals surface area contributed by atoms with Gasteiger partial charge in [-0.15, -0.1) is 0 Å². The van der Waals surface area contributed by atoms with Crippen LogP contribution in [0, 0.1) is 11.8 Å². The molecule has 0 unspecified atom stereocenters. The van der Waals surface area contributed by atoms with Crippen molar-refractivity contribution in [2.24, 2.45) is 11.8 Å². The third-order valence-electron chi connectivity index (χ3n) is 3.80. The van der Waals surface area contributed by atoms with Crippen LogP contribution in [0.4, 0.5) is 0 Å². The second kappa shape index (κ2) is 9.42. The maximum Gasteiger partial charge on any atom is 0.0658 e. The number of hydrogen-bond donors (Lipinski definition) is 0. The minimum absolute atomic E-state index is 0.800. The van der Waals surface area contributed by atoms with Crippen LogP contribution in [0.5, 0.6) is 0 Å². The van der Waals surface area contributed by atoms with Crippen LogP contribution in [0.15, 0.2) is 36.1 Å². The molecule has 0 aliphatic rings. The van der Waals surface area contributed by atoms with Gasteiger partial charge in [-0.25, -0.2) is 0 Å². The summed E-state index contributed by atoms with van der Waals surface area (Å²) in [5.74, 6) is 4.24. The van der Waals surface area contributed by atoms with E-state index in [4.69, 9.17) is 0 Å². The highest BCUT2D eigenvalue weighted by molar-refractivity contribution is 7.79. The van der Waals surface area contributed by atoms with Crippen LogP contribution >= 0.6 is 7.26 Å². The molecular weight excluding hydrogens is 271 g/mol. The summed E-state index contributed by atoms with van der Waals surface area (Å²) >= 11 is 0. The van der Waals surface area contributed by atoms with Gasteiger partial charge in [0.05, 0.1) is 24.3 Å². The molecule has 0 amide bonds. The van der Waals surface area contributed by atoms with Crippen LogP contribution < -0.4 is 0 Å². The molecule has 0 nitrogen and oxygen atoms in total. The molecule has 0 saturated carbocycles. The third-order valence-corrected chi connectivity index (χ3v) is 8.70. The lowest BCUT2D eigenvalue weighted by Gasteiger charge is -2.27. The maximum atomic E-state index is 2.64. The molecule has 1 heteroatoms. The average Bonchev–Trinajstić information content (AvgIpc) is 2.43. The summed E-state index contributed by atoms with van der Waals surface area (Å²) in [7, 11) is -0.971. The van der Waals surface area contributed by atoms with E-state index in [1.807, 2.05) is 0 Å². The van der Waals surface area contributed by atoms with E-state index in [1.54, 1.807) is 0 Å². The Morgan fingerprint density at radius 3 is 2.00 bits per heavy atom. The van der Waals surface area contributed by atoms with Crippen molar-refractivity contribution in [3.63, 3.8) is 0 Å². The molecule has 0 aromatic heterocycles. The van der Waals surface area contributed by atoms with Gasteiger partial charge in [-0.05, 0) is 29.9 Å². The minimum Gasteiger partial charge on any atom is -0.0652 e. The zero-order valence-electron chi connectivity index (χ0n) is 14.7. The smallest absolute Gasteiger partial charge is 0.0652 e. The standard InChI is InChI=1S/C20H34P/c1-6-7-14-21(16-18(2)3,17-19(4)5)15-13-20-11-9-8-10-12-20/h8-13,15,18-19H,6-7,14,16-17H2,1-5H3/q+1. The van der Waals surface area contributed by atoms with Crippen molar-refractivity contribution in [2.75, 3.05) is 18.5 Å². The van der Waals surface area contributed by atoms with Crippen LogP contribution in [-0.2, 0) is 0 Å². The van der Waals surface area contributed by atoms with Crippen LogP contribution in [0.3, 0.4) is 0 Å². The Morgan fingerprint density at radius 1 is 0.952 bits per heavy atom. The van der Waals surface area contributed by atoms with Gasteiger partial charge in [0.2, 0.25) is 0 Å². The van der Waals surface area contributed by atoms with Crippen molar-refractivity contribution in [2.45, 2.75) is 47.5 Å². The Kier molecular flexibility index (Phi) is 8.27. The van der Waals surface area contributed by atoms with E-state index in [0.717, 1.165) is 11.8 Å². The first-order valence-electron chi connectivity index (χ1n) is 8.57. The van der Waals surface area contributed by atoms with Crippen LogP contribution in [0.1, 0.15) is 53.0 Å². The molecule has 0 atom stereocenters. The van der Waals surface area contributed by atoms with Gasteiger partial charge in [0.1, 0.15) is 0 Å². The normalized spacial score (nSPS) is 12.7. The lowest BCUT2D eigenvalue weighted by molar-refractivity contribution is 0.709. The second-order valence-electron chi connectivity index (χ2n) is 7.17. The van der Waals surface area contributed by atoms with Gasteiger partial charge in [0.15, 0.2) is 0 Å². The molecule has 0 aliphatic carbocycles. The molecule has 0 saturated heterocycles. The van der Waals surface area contributed by atoms with Gasteiger partial charge >= 0.3 is 0 Å². The summed E-state index contributed by atoms with van der Waals surface area (Å²) in [4.78, 5) is 0. The van der Waals surface area contributed by atoms with Gasteiger partial charge in [0, 0.05) is 7.26 Å². The highest BCUT2D eigenvalue weighted by atomic mass is 31.2. The summed E-state index contributed by atoms with van der Waals surface area (Å²) in [6.45, 7) is 11.9. The fourth-order valence-electron chi connectivity index (χ4n) is 3.19. The summed E-state index contributed by atoms with van der Waals surface area (Å²) in [6.07, 6.45) is 9.35. The molecule has 1 aromatic rings. The monoisotopic (exact) mass is 305 g/mol. The van der Waals surface area contributed by atoms with Gasteiger partial charge < -0.3 is 0 Å². The maximum absolute atomic E-state index is 2.64. The van der Waals surface area contributed by atoms with Crippen LogP contribution in [0.2, 0.25) is 0 Å². The van der Waals surface area contributed by atoms with Crippen molar-refractivity contribution < 1.29 is 0 Å². The highest BCUT2D eigenvalue weighted by Gasteiger charge is 2.35. The molecule has 0 spiro atoms. The van der Waals surface area contributed by atoms with Crippen molar-refractivity contribution in [1.82, 2.24) is 0 Å². The Bertz CT molecular complexity index is 393. The highest BCUT2D eigenvalue weighted by Crippen LogP contribution is 2.63.